The van der Waals surface area contributed by atoms with Gasteiger partial charge in [0.2, 0.25) is 0 Å². The van der Waals surface area contributed by atoms with Crippen LogP contribution >= 0.6 is 0 Å². The van der Waals surface area contributed by atoms with E-state index < -0.39 is 54.1 Å². The molecule has 0 aliphatic rings. The minimum atomic E-state index is -1.12. The normalized spacial score (nSPS) is 12.8. The van der Waals surface area contributed by atoms with Gasteiger partial charge < -0.3 is 28.4 Å². The van der Waals surface area contributed by atoms with Crippen LogP contribution in [-0.4, -0.2) is 73.9 Å². The van der Waals surface area contributed by atoms with Gasteiger partial charge in [0.15, 0.2) is 12.2 Å². The van der Waals surface area contributed by atoms with Gasteiger partial charge in [-0.1, -0.05) is 34.6 Å². The molecule has 0 fully saturated rings. The van der Waals surface area contributed by atoms with Crippen molar-refractivity contribution in [2.45, 2.75) is 117 Å². The molecule has 12 nitrogen and oxygen atoms in total. The van der Waals surface area contributed by atoms with Crippen molar-refractivity contribution in [3.63, 3.8) is 0 Å². The minimum absolute atomic E-state index is 0.0813. The molecule has 0 amide bonds. The van der Waals surface area contributed by atoms with E-state index in [0.29, 0.717) is 19.3 Å². The van der Waals surface area contributed by atoms with Crippen molar-refractivity contribution in [2.75, 3.05) is 19.8 Å². The third kappa shape index (κ3) is 17.9. The first kappa shape index (κ1) is 35.8. The molecule has 0 spiro atoms. The maximum absolute atomic E-state index is 12.5. The van der Waals surface area contributed by atoms with Crippen molar-refractivity contribution < 1.29 is 57.2 Å². The quantitative estimate of drug-likeness (QED) is 0.149. The van der Waals surface area contributed by atoms with Crippen LogP contribution < -0.4 is 0 Å². The zero-order valence-electron chi connectivity index (χ0n) is 23.8. The van der Waals surface area contributed by atoms with Crippen LogP contribution in [0.3, 0.4) is 0 Å². The zero-order valence-corrected chi connectivity index (χ0v) is 23.8. The van der Waals surface area contributed by atoms with E-state index in [9.17, 15) is 28.8 Å². The van der Waals surface area contributed by atoms with Gasteiger partial charge in [-0.25, -0.2) is 0 Å². The molecule has 3 unspecified atom stereocenters. The molecular formula is C27H44O12. The van der Waals surface area contributed by atoms with Crippen LogP contribution in [0.5, 0.6) is 0 Å². The summed E-state index contributed by atoms with van der Waals surface area (Å²) in [6.07, 6.45) is -1.35. The topological polar surface area (TPSA) is 158 Å². The van der Waals surface area contributed by atoms with Gasteiger partial charge in [-0.3, -0.25) is 28.8 Å². The van der Waals surface area contributed by atoms with E-state index in [1.165, 1.54) is 0 Å². The van der Waals surface area contributed by atoms with Gasteiger partial charge in [0, 0.05) is 38.5 Å². The Morgan fingerprint density at radius 2 is 0.897 bits per heavy atom. The third-order valence-electron chi connectivity index (χ3n) is 5.12. The van der Waals surface area contributed by atoms with Crippen LogP contribution in [0.15, 0.2) is 0 Å². The van der Waals surface area contributed by atoms with E-state index in [1.807, 2.05) is 6.92 Å². The standard InChI is InChI=1S/C27H44O12/c1-6-11-24(30)36-18-21(39-27(33)13-8-3)20(38-26(32)12-7-2)14-15-25(31)35-17-19(37-23(29)10-5)16-34-22(28)9-4/h19-21H,6-18H2,1-5H3. The molecule has 0 aromatic carbocycles. The van der Waals surface area contributed by atoms with Crippen LogP contribution in [0.1, 0.15) is 98.8 Å². The first-order valence-electron chi connectivity index (χ1n) is 13.6. The Morgan fingerprint density at radius 3 is 1.41 bits per heavy atom. The van der Waals surface area contributed by atoms with Crippen molar-refractivity contribution in [1.29, 1.82) is 0 Å². The van der Waals surface area contributed by atoms with Crippen LogP contribution in [0.4, 0.5) is 0 Å². The lowest BCUT2D eigenvalue weighted by Gasteiger charge is -2.27. The number of hydrogen-bond acceptors (Lipinski definition) is 12. The predicted octanol–water partition coefficient (Wildman–Crippen LogP) is 3.35. The fourth-order valence-electron chi connectivity index (χ4n) is 3.04. The van der Waals surface area contributed by atoms with Gasteiger partial charge in [0.1, 0.15) is 25.9 Å². The van der Waals surface area contributed by atoms with Gasteiger partial charge >= 0.3 is 35.8 Å². The van der Waals surface area contributed by atoms with Gasteiger partial charge in [-0.15, -0.1) is 0 Å². The highest BCUT2D eigenvalue weighted by Gasteiger charge is 2.31. The van der Waals surface area contributed by atoms with Crippen molar-refractivity contribution in [3.8, 4) is 0 Å². The van der Waals surface area contributed by atoms with Gasteiger partial charge in [0.05, 0.1) is 0 Å². The highest BCUT2D eigenvalue weighted by atomic mass is 16.6. The van der Waals surface area contributed by atoms with Gasteiger partial charge in [-0.2, -0.15) is 0 Å². The molecular weight excluding hydrogens is 516 g/mol. The maximum atomic E-state index is 12.5. The Hall–Kier alpha value is -3.18. The number of carbonyl (C=O) groups excluding carboxylic acids is 6. The van der Waals surface area contributed by atoms with E-state index in [-0.39, 0.29) is 64.8 Å². The van der Waals surface area contributed by atoms with Crippen LogP contribution in [0, 0.1) is 0 Å². The summed E-state index contributed by atoms with van der Waals surface area (Å²) in [6.45, 7) is 7.61. The fraction of sp³-hybridized carbons (Fsp3) is 0.778. The third-order valence-corrected chi connectivity index (χ3v) is 5.12. The summed E-state index contributed by atoms with van der Waals surface area (Å²) in [5, 5.41) is 0. The lowest BCUT2D eigenvalue weighted by molar-refractivity contribution is -0.177. The van der Waals surface area contributed by atoms with Crippen molar-refractivity contribution in [2.24, 2.45) is 0 Å². The average molecular weight is 561 g/mol. The van der Waals surface area contributed by atoms with Crippen molar-refractivity contribution in [1.82, 2.24) is 0 Å². The Kier molecular flexibility index (Phi) is 20.0. The number of carbonyl (C=O) groups is 6. The van der Waals surface area contributed by atoms with Crippen molar-refractivity contribution in [3.05, 3.63) is 0 Å². The van der Waals surface area contributed by atoms with Crippen LogP contribution in [0.25, 0.3) is 0 Å². The van der Waals surface area contributed by atoms with E-state index >= 15 is 0 Å². The Labute approximate surface area is 230 Å². The lowest BCUT2D eigenvalue weighted by atomic mass is 10.1. The summed E-state index contributed by atoms with van der Waals surface area (Å²) in [4.78, 5) is 72.1. The molecule has 0 bridgehead atoms. The predicted molar refractivity (Wildman–Crippen MR) is 137 cm³/mol. The second-order valence-corrected chi connectivity index (χ2v) is 8.71. The Bertz CT molecular complexity index is 779. The van der Waals surface area contributed by atoms with Gasteiger partial charge in [-0.05, 0) is 25.7 Å². The molecule has 12 heteroatoms. The van der Waals surface area contributed by atoms with Crippen molar-refractivity contribution >= 4 is 35.8 Å². The molecule has 0 rings (SSSR count). The lowest BCUT2D eigenvalue weighted by Crippen LogP contribution is -2.40. The molecule has 0 heterocycles. The summed E-state index contributed by atoms with van der Waals surface area (Å²) in [7, 11) is 0. The van der Waals surface area contributed by atoms with E-state index in [4.69, 9.17) is 28.4 Å². The molecule has 3 atom stereocenters. The fourth-order valence-corrected chi connectivity index (χ4v) is 3.04. The smallest absolute Gasteiger partial charge is 0.306 e. The molecule has 0 radical (unpaired) electrons. The number of hydrogen-bond donors (Lipinski definition) is 0. The number of esters is 6. The summed E-state index contributed by atoms with van der Waals surface area (Å²) in [5.41, 5.74) is 0. The first-order chi connectivity index (χ1) is 18.6. The molecule has 0 aliphatic carbocycles. The molecule has 0 aromatic rings. The SMILES string of the molecule is CCCC(=O)OCC(OC(=O)CCC)C(CCC(=O)OCC(COC(=O)CC)OC(=O)CC)OC(=O)CCC. The van der Waals surface area contributed by atoms with Crippen LogP contribution in [-0.2, 0) is 57.2 Å². The molecule has 0 aromatic heterocycles. The summed E-state index contributed by atoms with van der Waals surface area (Å²) in [5.74, 6) is -3.39. The average Bonchev–Trinajstić information content (AvgIpc) is 2.90. The summed E-state index contributed by atoms with van der Waals surface area (Å²) < 4.78 is 31.5. The first-order valence-corrected chi connectivity index (χ1v) is 13.6. The minimum Gasteiger partial charge on any atom is -0.462 e. The molecule has 224 valence electrons. The monoisotopic (exact) mass is 560 g/mol. The molecule has 0 N–H and O–H groups in total. The maximum Gasteiger partial charge on any atom is 0.306 e. The largest absolute Gasteiger partial charge is 0.462 e. The second-order valence-electron chi connectivity index (χ2n) is 8.71. The highest BCUT2D eigenvalue weighted by Crippen LogP contribution is 2.16. The van der Waals surface area contributed by atoms with Gasteiger partial charge in [0.25, 0.3) is 0 Å². The molecule has 0 saturated carbocycles. The zero-order chi connectivity index (χ0) is 29.6. The van der Waals surface area contributed by atoms with E-state index in [1.54, 1.807) is 27.7 Å². The second kappa shape index (κ2) is 21.7. The van der Waals surface area contributed by atoms with Crippen LogP contribution in [0.2, 0.25) is 0 Å². The Balaban J connectivity index is 5.40. The Morgan fingerprint density at radius 1 is 0.462 bits per heavy atom. The molecule has 0 aliphatic heterocycles. The van der Waals surface area contributed by atoms with E-state index in [2.05, 4.69) is 0 Å². The molecule has 0 saturated heterocycles. The summed E-state index contributed by atoms with van der Waals surface area (Å²) >= 11 is 0. The highest BCUT2D eigenvalue weighted by molar-refractivity contribution is 5.72. The summed E-state index contributed by atoms with van der Waals surface area (Å²) in [6, 6.07) is 0. The number of ether oxygens (including phenoxy) is 6. The van der Waals surface area contributed by atoms with E-state index in [0.717, 1.165) is 0 Å². The number of rotatable bonds is 21. The molecule has 39 heavy (non-hydrogen) atoms.